The van der Waals surface area contributed by atoms with Gasteiger partial charge in [0.25, 0.3) is 0 Å². The van der Waals surface area contributed by atoms with Crippen LogP contribution in [0.5, 0.6) is 0 Å². The highest BCUT2D eigenvalue weighted by molar-refractivity contribution is 4.82. The van der Waals surface area contributed by atoms with Crippen LogP contribution in [-0.4, -0.2) is 48.5 Å². The summed E-state index contributed by atoms with van der Waals surface area (Å²) >= 11 is 0. The summed E-state index contributed by atoms with van der Waals surface area (Å²) < 4.78 is 5.37. The number of aliphatic hydroxyl groups is 1. The van der Waals surface area contributed by atoms with Crippen molar-refractivity contribution in [2.45, 2.75) is 51.7 Å². The molecule has 0 unspecified atom stereocenters. The zero-order valence-corrected chi connectivity index (χ0v) is 10.1. The van der Waals surface area contributed by atoms with Crippen molar-refractivity contribution in [2.75, 3.05) is 26.3 Å². The van der Waals surface area contributed by atoms with E-state index in [9.17, 15) is 5.11 Å². The van der Waals surface area contributed by atoms with Crippen molar-refractivity contribution < 1.29 is 9.84 Å². The predicted molar refractivity (Wildman–Crippen MR) is 62.0 cm³/mol. The number of aliphatic hydroxyl groups excluding tert-OH is 1. The highest BCUT2D eigenvalue weighted by Gasteiger charge is 2.27. The number of piperidine rings is 1. The van der Waals surface area contributed by atoms with Gasteiger partial charge in [0, 0.05) is 19.2 Å². The summed E-state index contributed by atoms with van der Waals surface area (Å²) in [4.78, 5) is 2.40. The number of hydrogen-bond acceptors (Lipinski definition) is 3. The maximum atomic E-state index is 9.93. The summed E-state index contributed by atoms with van der Waals surface area (Å²) in [7, 11) is 0. The summed E-state index contributed by atoms with van der Waals surface area (Å²) in [6.07, 6.45) is 4.36. The van der Waals surface area contributed by atoms with Crippen molar-refractivity contribution in [3.63, 3.8) is 0 Å². The number of hydrogen-bond donors (Lipinski definition) is 1. The Morgan fingerprint density at radius 3 is 2.87 bits per heavy atom. The van der Waals surface area contributed by atoms with Crippen molar-refractivity contribution in [2.24, 2.45) is 0 Å². The highest BCUT2D eigenvalue weighted by Crippen LogP contribution is 2.20. The van der Waals surface area contributed by atoms with Crippen LogP contribution >= 0.6 is 0 Å². The Morgan fingerprint density at radius 1 is 1.40 bits per heavy atom. The van der Waals surface area contributed by atoms with E-state index < -0.39 is 0 Å². The van der Waals surface area contributed by atoms with Crippen LogP contribution in [0.3, 0.4) is 0 Å². The second-order valence-corrected chi connectivity index (χ2v) is 4.27. The van der Waals surface area contributed by atoms with Gasteiger partial charge in [-0.15, -0.1) is 0 Å². The Kier molecular flexibility index (Phi) is 6.22. The van der Waals surface area contributed by atoms with Gasteiger partial charge in [0.15, 0.2) is 0 Å². The maximum Gasteiger partial charge on any atom is 0.0692 e. The van der Waals surface area contributed by atoms with Gasteiger partial charge in [-0.3, -0.25) is 4.90 Å². The van der Waals surface area contributed by atoms with Gasteiger partial charge in [-0.05, 0) is 32.7 Å². The Labute approximate surface area is 93.4 Å². The second-order valence-electron chi connectivity index (χ2n) is 4.27. The Hall–Kier alpha value is -0.120. The molecule has 3 nitrogen and oxygen atoms in total. The molecule has 0 radical (unpaired) electrons. The van der Waals surface area contributed by atoms with Gasteiger partial charge >= 0.3 is 0 Å². The van der Waals surface area contributed by atoms with Crippen LogP contribution in [-0.2, 0) is 4.74 Å². The minimum absolute atomic E-state index is 0.160. The van der Waals surface area contributed by atoms with Gasteiger partial charge in [0.05, 0.1) is 12.7 Å². The lowest BCUT2D eigenvalue weighted by atomic mass is 9.96. The molecule has 0 aromatic carbocycles. The SMILES string of the molecule is CCOCCN1CCCC[C@H]1[C@H](O)CC. The molecule has 2 atom stereocenters. The molecule has 3 heteroatoms. The van der Waals surface area contributed by atoms with Gasteiger partial charge in [0.1, 0.15) is 0 Å². The summed E-state index contributed by atoms with van der Waals surface area (Å²) in [5, 5.41) is 9.93. The highest BCUT2D eigenvalue weighted by atomic mass is 16.5. The largest absolute Gasteiger partial charge is 0.392 e. The molecule has 1 aliphatic rings. The lowest BCUT2D eigenvalue weighted by Crippen LogP contribution is -2.47. The number of likely N-dealkylation sites (tertiary alicyclic amines) is 1. The first-order valence-electron chi connectivity index (χ1n) is 6.29. The molecule has 0 spiro atoms. The Bertz CT molecular complexity index is 164. The van der Waals surface area contributed by atoms with E-state index in [2.05, 4.69) is 11.8 Å². The Balaban J connectivity index is 2.35. The number of rotatable bonds is 6. The molecule has 1 N–H and O–H groups in total. The minimum atomic E-state index is -0.160. The molecule has 0 saturated carbocycles. The normalized spacial score (nSPS) is 25.4. The predicted octanol–water partition coefficient (Wildman–Crippen LogP) is 1.65. The lowest BCUT2D eigenvalue weighted by molar-refractivity contribution is 0.00736. The summed E-state index contributed by atoms with van der Waals surface area (Å²) in [6, 6.07) is 0.365. The first-order chi connectivity index (χ1) is 7.29. The lowest BCUT2D eigenvalue weighted by Gasteiger charge is -2.38. The van der Waals surface area contributed by atoms with E-state index in [1.165, 1.54) is 12.8 Å². The molecule has 0 amide bonds. The molecule has 1 fully saturated rings. The number of ether oxygens (including phenoxy) is 1. The number of nitrogens with zero attached hydrogens (tertiary/aromatic N) is 1. The van der Waals surface area contributed by atoms with E-state index in [4.69, 9.17) is 4.74 Å². The van der Waals surface area contributed by atoms with E-state index in [0.29, 0.717) is 6.04 Å². The fourth-order valence-corrected chi connectivity index (χ4v) is 2.33. The molecule has 1 aliphatic heterocycles. The zero-order valence-electron chi connectivity index (χ0n) is 10.1. The molecule has 90 valence electrons. The van der Waals surface area contributed by atoms with Crippen LogP contribution in [0, 0.1) is 0 Å². The fraction of sp³-hybridized carbons (Fsp3) is 1.00. The van der Waals surface area contributed by atoms with Crippen LogP contribution in [0.2, 0.25) is 0 Å². The zero-order chi connectivity index (χ0) is 11.1. The van der Waals surface area contributed by atoms with Gasteiger partial charge in [-0.25, -0.2) is 0 Å². The average molecular weight is 215 g/mol. The molecule has 0 bridgehead atoms. The molecular weight excluding hydrogens is 190 g/mol. The van der Waals surface area contributed by atoms with Crippen LogP contribution in [0.15, 0.2) is 0 Å². The fourth-order valence-electron chi connectivity index (χ4n) is 2.33. The van der Waals surface area contributed by atoms with Gasteiger partial charge in [-0.1, -0.05) is 13.3 Å². The van der Waals surface area contributed by atoms with Crippen molar-refractivity contribution in [1.82, 2.24) is 4.90 Å². The molecule has 1 rings (SSSR count). The van der Waals surface area contributed by atoms with E-state index in [0.717, 1.165) is 39.1 Å². The molecular formula is C12H25NO2. The second kappa shape index (κ2) is 7.20. The quantitative estimate of drug-likeness (QED) is 0.684. The van der Waals surface area contributed by atoms with E-state index >= 15 is 0 Å². The molecule has 1 heterocycles. The van der Waals surface area contributed by atoms with Crippen molar-refractivity contribution in [3.05, 3.63) is 0 Å². The third kappa shape index (κ3) is 4.09. The van der Waals surface area contributed by atoms with Gasteiger partial charge in [0.2, 0.25) is 0 Å². The Morgan fingerprint density at radius 2 is 2.20 bits per heavy atom. The molecule has 0 aromatic heterocycles. The summed E-state index contributed by atoms with van der Waals surface area (Å²) in [5.74, 6) is 0. The van der Waals surface area contributed by atoms with Crippen LogP contribution < -0.4 is 0 Å². The van der Waals surface area contributed by atoms with Crippen molar-refractivity contribution in [1.29, 1.82) is 0 Å². The first-order valence-corrected chi connectivity index (χ1v) is 6.29. The standard InChI is InChI=1S/C12H25NO2/c1-3-12(14)11-7-5-6-8-13(11)9-10-15-4-2/h11-12,14H,3-10H2,1-2H3/t11-,12+/m0/s1. The van der Waals surface area contributed by atoms with Crippen LogP contribution in [0.1, 0.15) is 39.5 Å². The minimum Gasteiger partial charge on any atom is -0.392 e. The topological polar surface area (TPSA) is 32.7 Å². The van der Waals surface area contributed by atoms with E-state index in [-0.39, 0.29) is 6.10 Å². The monoisotopic (exact) mass is 215 g/mol. The molecule has 15 heavy (non-hydrogen) atoms. The van der Waals surface area contributed by atoms with E-state index in [1.54, 1.807) is 0 Å². The van der Waals surface area contributed by atoms with Crippen molar-refractivity contribution >= 4 is 0 Å². The molecule has 0 aliphatic carbocycles. The van der Waals surface area contributed by atoms with Crippen molar-refractivity contribution in [3.8, 4) is 0 Å². The summed E-state index contributed by atoms with van der Waals surface area (Å²) in [6.45, 7) is 7.75. The van der Waals surface area contributed by atoms with Gasteiger partial charge in [-0.2, -0.15) is 0 Å². The van der Waals surface area contributed by atoms with Gasteiger partial charge < -0.3 is 9.84 Å². The summed E-state index contributed by atoms with van der Waals surface area (Å²) in [5.41, 5.74) is 0. The van der Waals surface area contributed by atoms with Crippen LogP contribution in [0.25, 0.3) is 0 Å². The third-order valence-electron chi connectivity index (χ3n) is 3.25. The maximum absolute atomic E-state index is 9.93. The smallest absolute Gasteiger partial charge is 0.0692 e. The first kappa shape index (κ1) is 12.9. The molecule has 0 aromatic rings. The molecule has 1 saturated heterocycles. The third-order valence-corrected chi connectivity index (χ3v) is 3.25. The van der Waals surface area contributed by atoms with Crippen LogP contribution in [0.4, 0.5) is 0 Å². The average Bonchev–Trinajstić information content (AvgIpc) is 2.29. The van der Waals surface area contributed by atoms with E-state index in [1.807, 2.05) is 6.92 Å².